The molecule has 1 amide bonds. The summed E-state index contributed by atoms with van der Waals surface area (Å²) in [5, 5.41) is 0. The molecule has 0 radical (unpaired) electrons. The zero-order valence-corrected chi connectivity index (χ0v) is 13.8. The first-order chi connectivity index (χ1) is 11.4. The molecule has 3 rings (SSSR count). The number of carbonyl (C=O) groups is 1. The number of hydrogen-bond acceptors (Lipinski definition) is 3. The fourth-order valence-electron chi connectivity index (χ4n) is 3.67. The van der Waals surface area contributed by atoms with Crippen molar-refractivity contribution < 1.29 is 18.0 Å². The molecule has 0 bridgehead atoms. The molecule has 0 atom stereocenters. The molecule has 1 saturated carbocycles. The maximum atomic E-state index is 12.7. The fourth-order valence-corrected chi connectivity index (χ4v) is 3.67. The highest BCUT2D eigenvalue weighted by atomic mass is 19.4. The predicted octanol–water partition coefficient (Wildman–Crippen LogP) is 3.11. The molecule has 2 aliphatic rings. The Morgan fingerprint density at radius 2 is 1.75 bits per heavy atom. The quantitative estimate of drug-likeness (QED) is 0.829. The normalized spacial score (nSPS) is 20.6. The number of aromatic nitrogens is 1. The van der Waals surface area contributed by atoms with Gasteiger partial charge in [0, 0.05) is 32.2 Å². The molecule has 1 aliphatic heterocycles. The van der Waals surface area contributed by atoms with Gasteiger partial charge < -0.3 is 4.90 Å². The van der Waals surface area contributed by atoms with Crippen LogP contribution in [0.4, 0.5) is 13.2 Å². The molecule has 0 aromatic carbocycles. The molecule has 0 unspecified atom stereocenters. The van der Waals surface area contributed by atoms with Crippen molar-refractivity contribution in [2.45, 2.75) is 44.8 Å². The molecule has 1 saturated heterocycles. The van der Waals surface area contributed by atoms with Crippen molar-refractivity contribution in [3.8, 4) is 0 Å². The SMILES string of the molecule is Cc1nc(C(F)(F)F)ccc1C(=O)N1CCN(C2CCCC2)CC1. The molecule has 2 heterocycles. The van der Waals surface area contributed by atoms with Crippen LogP contribution in [0.1, 0.15) is 47.4 Å². The van der Waals surface area contributed by atoms with E-state index in [2.05, 4.69) is 9.88 Å². The van der Waals surface area contributed by atoms with Crippen LogP contribution in [0.5, 0.6) is 0 Å². The van der Waals surface area contributed by atoms with Gasteiger partial charge in [0.25, 0.3) is 5.91 Å². The Morgan fingerprint density at radius 1 is 1.12 bits per heavy atom. The summed E-state index contributed by atoms with van der Waals surface area (Å²) in [5.74, 6) is -0.222. The Kier molecular flexibility index (Phi) is 4.80. The van der Waals surface area contributed by atoms with Crippen molar-refractivity contribution >= 4 is 5.91 Å². The van der Waals surface area contributed by atoms with E-state index < -0.39 is 11.9 Å². The first-order valence-corrected chi connectivity index (χ1v) is 8.44. The summed E-state index contributed by atoms with van der Waals surface area (Å²) in [7, 11) is 0. The van der Waals surface area contributed by atoms with E-state index in [9.17, 15) is 18.0 Å². The van der Waals surface area contributed by atoms with Crippen LogP contribution in [0.15, 0.2) is 12.1 Å². The van der Waals surface area contributed by atoms with E-state index in [-0.39, 0.29) is 17.2 Å². The van der Waals surface area contributed by atoms with Crippen LogP contribution in [0.3, 0.4) is 0 Å². The van der Waals surface area contributed by atoms with E-state index in [1.165, 1.54) is 38.7 Å². The van der Waals surface area contributed by atoms with Gasteiger partial charge in [-0.15, -0.1) is 0 Å². The Balaban J connectivity index is 1.65. The molecule has 1 aromatic rings. The Labute approximate surface area is 139 Å². The second-order valence-electron chi connectivity index (χ2n) is 6.59. The van der Waals surface area contributed by atoms with E-state index in [0.717, 1.165) is 19.2 Å². The van der Waals surface area contributed by atoms with Crippen molar-refractivity contribution in [1.29, 1.82) is 0 Å². The van der Waals surface area contributed by atoms with Gasteiger partial charge in [0.05, 0.1) is 11.3 Å². The van der Waals surface area contributed by atoms with Gasteiger partial charge in [0.15, 0.2) is 0 Å². The van der Waals surface area contributed by atoms with Crippen LogP contribution < -0.4 is 0 Å². The number of halogens is 3. The maximum absolute atomic E-state index is 12.7. The van der Waals surface area contributed by atoms with Gasteiger partial charge in [-0.25, -0.2) is 4.98 Å². The number of carbonyl (C=O) groups excluding carboxylic acids is 1. The molecule has 4 nitrogen and oxygen atoms in total. The van der Waals surface area contributed by atoms with Gasteiger partial charge in [-0.2, -0.15) is 13.2 Å². The predicted molar refractivity (Wildman–Crippen MR) is 83.7 cm³/mol. The molecule has 0 spiro atoms. The summed E-state index contributed by atoms with van der Waals surface area (Å²) in [4.78, 5) is 20.3. The van der Waals surface area contributed by atoms with E-state index >= 15 is 0 Å². The summed E-state index contributed by atoms with van der Waals surface area (Å²) in [6, 6.07) is 2.77. The van der Waals surface area contributed by atoms with Gasteiger partial charge >= 0.3 is 6.18 Å². The summed E-state index contributed by atoms with van der Waals surface area (Å²) >= 11 is 0. The van der Waals surface area contributed by atoms with Crippen LogP contribution in [-0.2, 0) is 6.18 Å². The number of amides is 1. The lowest BCUT2D eigenvalue weighted by molar-refractivity contribution is -0.141. The van der Waals surface area contributed by atoms with Crippen LogP contribution >= 0.6 is 0 Å². The molecule has 2 fully saturated rings. The molecular weight excluding hydrogens is 319 g/mol. The second-order valence-corrected chi connectivity index (χ2v) is 6.59. The third kappa shape index (κ3) is 3.55. The molecule has 24 heavy (non-hydrogen) atoms. The minimum absolute atomic E-state index is 0.132. The highest BCUT2D eigenvalue weighted by molar-refractivity contribution is 5.95. The number of hydrogen-bond donors (Lipinski definition) is 0. The van der Waals surface area contributed by atoms with Crippen LogP contribution in [-0.4, -0.2) is 52.9 Å². The average Bonchev–Trinajstić information content (AvgIpc) is 3.08. The Morgan fingerprint density at radius 3 is 2.29 bits per heavy atom. The van der Waals surface area contributed by atoms with Gasteiger partial charge in [0.2, 0.25) is 0 Å². The molecule has 132 valence electrons. The fraction of sp³-hybridized carbons (Fsp3) is 0.647. The Hall–Kier alpha value is -1.63. The number of aryl methyl sites for hydroxylation is 1. The van der Waals surface area contributed by atoms with E-state index in [0.29, 0.717) is 19.1 Å². The summed E-state index contributed by atoms with van der Waals surface area (Å²) in [6.45, 7) is 4.37. The van der Waals surface area contributed by atoms with Crippen LogP contribution in [0.25, 0.3) is 0 Å². The van der Waals surface area contributed by atoms with E-state index in [1.807, 2.05) is 0 Å². The summed E-state index contributed by atoms with van der Waals surface area (Å²) < 4.78 is 38.0. The Bertz CT molecular complexity index is 604. The smallest absolute Gasteiger partial charge is 0.336 e. The monoisotopic (exact) mass is 341 g/mol. The lowest BCUT2D eigenvalue weighted by Gasteiger charge is -2.38. The minimum atomic E-state index is -4.49. The maximum Gasteiger partial charge on any atom is 0.433 e. The first kappa shape index (κ1) is 17.2. The lowest BCUT2D eigenvalue weighted by Crippen LogP contribution is -2.51. The van der Waals surface area contributed by atoms with Gasteiger partial charge in [0.1, 0.15) is 5.69 Å². The second kappa shape index (κ2) is 6.70. The molecule has 1 aliphatic carbocycles. The van der Waals surface area contributed by atoms with Gasteiger partial charge in [-0.3, -0.25) is 9.69 Å². The van der Waals surface area contributed by atoms with Crippen molar-refractivity contribution in [3.05, 3.63) is 29.1 Å². The minimum Gasteiger partial charge on any atom is -0.336 e. The van der Waals surface area contributed by atoms with E-state index in [1.54, 1.807) is 4.90 Å². The number of pyridine rings is 1. The van der Waals surface area contributed by atoms with Crippen molar-refractivity contribution in [2.75, 3.05) is 26.2 Å². The molecule has 1 aromatic heterocycles. The standard InChI is InChI=1S/C17H22F3N3O/c1-12-14(6-7-15(21-12)17(18,19)20)16(24)23-10-8-22(9-11-23)13-4-2-3-5-13/h6-7,13H,2-5,8-11H2,1H3. The van der Waals surface area contributed by atoms with Crippen molar-refractivity contribution in [1.82, 2.24) is 14.8 Å². The summed E-state index contributed by atoms with van der Waals surface area (Å²) in [5.41, 5.74) is -0.562. The average molecular weight is 341 g/mol. The number of nitrogens with zero attached hydrogens (tertiary/aromatic N) is 3. The zero-order valence-electron chi connectivity index (χ0n) is 13.8. The number of rotatable bonds is 2. The molecular formula is C17H22F3N3O. The number of alkyl halides is 3. The highest BCUT2D eigenvalue weighted by Gasteiger charge is 2.34. The van der Waals surface area contributed by atoms with Gasteiger partial charge in [-0.05, 0) is 31.9 Å². The summed E-state index contributed by atoms with van der Waals surface area (Å²) in [6.07, 6.45) is 0.533. The molecule has 7 heteroatoms. The lowest BCUT2D eigenvalue weighted by atomic mass is 10.1. The van der Waals surface area contributed by atoms with E-state index in [4.69, 9.17) is 0 Å². The largest absolute Gasteiger partial charge is 0.433 e. The topological polar surface area (TPSA) is 36.4 Å². The molecule has 0 N–H and O–H groups in total. The third-order valence-electron chi connectivity index (χ3n) is 5.05. The van der Waals surface area contributed by atoms with Crippen molar-refractivity contribution in [2.24, 2.45) is 0 Å². The third-order valence-corrected chi connectivity index (χ3v) is 5.05. The first-order valence-electron chi connectivity index (χ1n) is 8.44. The zero-order chi connectivity index (χ0) is 17.3. The number of piperazine rings is 1. The van der Waals surface area contributed by atoms with Crippen LogP contribution in [0.2, 0.25) is 0 Å². The highest BCUT2D eigenvalue weighted by Crippen LogP contribution is 2.29. The van der Waals surface area contributed by atoms with Crippen LogP contribution in [0, 0.1) is 6.92 Å². The van der Waals surface area contributed by atoms with Gasteiger partial charge in [-0.1, -0.05) is 12.8 Å². The van der Waals surface area contributed by atoms with Crippen molar-refractivity contribution in [3.63, 3.8) is 0 Å².